The molecule has 3 rings (SSSR count). The van der Waals surface area contributed by atoms with Crippen molar-refractivity contribution in [2.45, 2.75) is 20.0 Å². The number of hydrogen-bond donors (Lipinski definition) is 1. The summed E-state index contributed by atoms with van der Waals surface area (Å²) in [6.07, 6.45) is 1.86. The Morgan fingerprint density at radius 2 is 1.91 bits per heavy atom. The number of nitrogen functional groups attached to an aromatic ring is 1. The average Bonchev–Trinajstić information content (AvgIpc) is 2.83. The summed E-state index contributed by atoms with van der Waals surface area (Å²) in [6, 6.07) is 16.2. The van der Waals surface area contributed by atoms with E-state index >= 15 is 0 Å². The number of imidazole rings is 1. The summed E-state index contributed by atoms with van der Waals surface area (Å²) in [6.45, 7) is 7.83. The lowest BCUT2D eigenvalue weighted by Gasteiger charge is -2.08. The van der Waals surface area contributed by atoms with Crippen LogP contribution in [-0.2, 0) is 13.1 Å². The third-order valence-corrected chi connectivity index (χ3v) is 3.99. The Kier molecular flexibility index (Phi) is 4.33. The van der Waals surface area contributed by atoms with Gasteiger partial charge in [0, 0.05) is 0 Å². The summed E-state index contributed by atoms with van der Waals surface area (Å²) in [5.74, 6) is 1.64. The number of para-hydroxylation sites is 3. The molecule has 0 bridgehead atoms. The number of nitrogens with two attached hydrogens (primary N) is 1. The fraction of sp³-hybridized carbons (Fsp3) is 0.211. The van der Waals surface area contributed by atoms with Gasteiger partial charge in [-0.05, 0) is 30.7 Å². The quantitative estimate of drug-likeness (QED) is 0.562. The second-order valence-corrected chi connectivity index (χ2v) is 5.51. The van der Waals surface area contributed by atoms with Crippen LogP contribution in [0.4, 0.5) is 5.95 Å². The molecular weight excluding hydrogens is 286 g/mol. The third-order valence-electron chi connectivity index (χ3n) is 3.99. The van der Waals surface area contributed by atoms with E-state index in [1.54, 1.807) is 0 Å². The number of aromatic nitrogens is 2. The fourth-order valence-electron chi connectivity index (χ4n) is 2.83. The molecule has 1 heterocycles. The van der Waals surface area contributed by atoms with Gasteiger partial charge in [-0.3, -0.25) is 5.73 Å². The number of anilines is 1. The summed E-state index contributed by atoms with van der Waals surface area (Å²) in [7, 11) is 0. The number of nitrogens with zero attached hydrogens (tertiary/aromatic N) is 2. The molecule has 0 fully saturated rings. The average molecular weight is 308 g/mol. The zero-order chi connectivity index (χ0) is 16.2. The summed E-state index contributed by atoms with van der Waals surface area (Å²) >= 11 is 0. The second kappa shape index (κ2) is 6.57. The Hall–Kier alpha value is -2.75. The van der Waals surface area contributed by atoms with Crippen LogP contribution in [0.3, 0.4) is 0 Å². The van der Waals surface area contributed by atoms with E-state index in [1.165, 1.54) is 0 Å². The van der Waals surface area contributed by atoms with Crippen LogP contribution in [0.15, 0.2) is 61.2 Å². The summed E-state index contributed by atoms with van der Waals surface area (Å²) in [4.78, 5) is 0. The second-order valence-electron chi connectivity index (χ2n) is 5.51. The number of fused-ring (bicyclic) bond motifs is 1. The Balaban J connectivity index is 1.84. The topological polar surface area (TPSA) is 44.1 Å². The highest BCUT2D eigenvalue weighted by atomic mass is 16.5. The number of rotatable bonds is 6. The minimum absolute atomic E-state index is 0.571. The standard InChI is InChI=1S/C19H21N3O/c1-3-12-21-16-9-5-6-10-17(16)22(19(21)20)13-14-23-18-11-7-4-8-15(18)2/h3-11,20H,1,12-14H2,2H3/p+1. The maximum Gasteiger partial charge on any atom is 0.356 e. The van der Waals surface area contributed by atoms with Crippen molar-refractivity contribution in [2.24, 2.45) is 0 Å². The zero-order valence-electron chi connectivity index (χ0n) is 13.4. The Bertz CT molecular complexity index is 836. The smallest absolute Gasteiger partial charge is 0.356 e. The van der Waals surface area contributed by atoms with Crippen molar-refractivity contribution < 1.29 is 9.30 Å². The normalized spacial score (nSPS) is 10.8. The minimum atomic E-state index is 0.571. The number of ether oxygens (including phenoxy) is 1. The molecule has 0 unspecified atom stereocenters. The third kappa shape index (κ3) is 2.93. The predicted molar refractivity (Wildman–Crippen MR) is 93.4 cm³/mol. The molecule has 0 amide bonds. The van der Waals surface area contributed by atoms with Crippen molar-refractivity contribution in [2.75, 3.05) is 12.3 Å². The number of aryl methyl sites for hydroxylation is 1. The van der Waals surface area contributed by atoms with Crippen LogP contribution >= 0.6 is 0 Å². The summed E-state index contributed by atoms with van der Waals surface area (Å²) in [5, 5.41) is 0. The Morgan fingerprint density at radius 3 is 2.70 bits per heavy atom. The van der Waals surface area contributed by atoms with Crippen molar-refractivity contribution in [1.82, 2.24) is 4.57 Å². The maximum atomic E-state index is 6.33. The van der Waals surface area contributed by atoms with Crippen LogP contribution in [0.25, 0.3) is 11.0 Å². The molecular formula is C19H22N3O+. The van der Waals surface area contributed by atoms with Gasteiger partial charge in [0.15, 0.2) is 0 Å². The molecule has 0 radical (unpaired) electrons. The summed E-state index contributed by atoms with van der Waals surface area (Å²) < 4.78 is 10.1. The molecule has 3 aromatic rings. The van der Waals surface area contributed by atoms with Gasteiger partial charge >= 0.3 is 5.95 Å². The first-order valence-electron chi connectivity index (χ1n) is 7.78. The lowest BCUT2D eigenvalue weighted by Crippen LogP contribution is -2.39. The van der Waals surface area contributed by atoms with Crippen molar-refractivity contribution >= 4 is 17.0 Å². The lowest BCUT2D eigenvalue weighted by atomic mass is 10.2. The molecule has 0 aliphatic rings. The monoisotopic (exact) mass is 308 g/mol. The fourth-order valence-corrected chi connectivity index (χ4v) is 2.83. The molecule has 2 aromatic carbocycles. The van der Waals surface area contributed by atoms with Crippen LogP contribution in [0.2, 0.25) is 0 Å². The van der Waals surface area contributed by atoms with E-state index in [9.17, 15) is 0 Å². The molecule has 23 heavy (non-hydrogen) atoms. The highest BCUT2D eigenvalue weighted by Crippen LogP contribution is 2.17. The van der Waals surface area contributed by atoms with E-state index in [-0.39, 0.29) is 0 Å². The number of benzene rings is 2. The number of hydrogen-bond acceptors (Lipinski definition) is 2. The van der Waals surface area contributed by atoms with Gasteiger partial charge in [0.05, 0.1) is 6.54 Å². The molecule has 0 spiro atoms. The highest BCUT2D eigenvalue weighted by molar-refractivity contribution is 5.73. The maximum absolute atomic E-state index is 6.33. The van der Waals surface area contributed by atoms with Gasteiger partial charge in [-0.1, -0.05) is 43.0 Å². The Labute approximate surface area is 136 Å². The lowest BCUT2D eigenvalue weighted by molar-refractivity contribution is -0.658. The van der Waals surface area contributed by atoms with Crippen LogP contribution in [0.5, 0.6) is 5.75 Å². The molecule has 0 saturated carbocycles. The van der Waals surface area contributed by atoms with Gasteiger partial charge in [0.1, 0.15) is 29.9 Å². The molecule has 0 aliphatic carbocycles. The summed E-state index contributed by atoms with van der Waals surface area (Å²) in [5.41, 5.74) is 9.70. The van der Waals surface area contributed by atoms with E-state index in [0.717, 1.165) is 28.3 Å². The molecule has 4 nitrogen and oxygen atoms in total. The van der Waals surface area contributed by atoms with Crippen LogP contribution < -0.4 is 15.0 Å². The van der Waals surface area contributed by atoms with E-state index in [0.29, 0.717) is 19.7 Å². The zero-order valence-corrected chi connectivity index (χ0v) is 13.4. The van der Waals surface area contributed by atoms with E-state index < -0.39 is 0 Å². The van der Waals surface area contributed by atoms with Gasteiger partial charge in [-0.25, -0.2) is 9.13 Å². The van der Waals surface area contributed by atoms with Gasteiger partial charge in [0.25, 0.3) is 0 Å². The highest BCUT2D eigenvalue weighted by Gasteiger charge is 2.19. The van der Waals surface area contributed by atoms with Gasteiger partial charge in [-0.2, -0.15) is 0 Å². The first-order valence-corrected chi connectivity index (χ1v) is 7.78. The molecule has 0 saturated heterocycles. The van der Waals surface area contributed by atoms with Crippen LogP contribution in [0, 0.1) is 6.92 Å². The molecule has 118 valence electrons. The van der Waals surface area contributed by atoms with E-state index in [4.69, 9.17) is 10.5 Å². The van der Waals surface area contributed by atoms with Gasteiger partial charge in [-0.15, -0.1) is 0 Å². The van der Waals surface area contributed by atoms with E-state index in [1.807, 2.05) is 49.4 Å². The SMILES string of the molecule is C=CCn1c(N)[n+](CCOc2ccccc2C)c2ccccc21. The van der Waals surface area contributed by atoms with Crippen molar-refractivity contribution in [3.63, 3.8) is 0 Å². The number of allylic oxidation sites excluding steroid dienone is 1. The first-order chi connectivity index (χ1) is 11.2. The molecule has 4 heteroatoms. The van der Waals surface area contributed by atoms with Gasteiger partial charge in [0.2, 0.25) is 0 Å². The Morgan fingerprint density at radius 1 is 1.17 bits per heavy atom. The van der Waals surface area contributed by atoms with Crippen LogP contribution in [-0.4, -0.2) is 11.2 Å². The molecule has 1 aromatic heterocycles. The molecule has 0 aliphatic heterocycles. The van der Waals surface area contributed by atoms with Crippen LogP contribution in [0.1, 0.15) is 5.56 Å². The first kappa shape index (κ1) is 15.2. The van der Waals surface area contributed by atoms with Gasteiger partial charge < -0.3 is 4.74 Å². The predicted octanol–water partition coefficient (Wildman–Crippen LogP) is 3.08. The van der Waals surface area contributed by atoms with Crippen molar-refractivity contribution in [1.29, 1.82) is 0 Å². The van der Waals surface area contributed by atoms with Crippen molar-refractivity contribution in [3.05, 3.63) is 66.7 Å². The molecule has 2 N–H and O–H groups in total. The largest absolute Gasteiger partial charge is 0.490 e. The van der Waals surface area contributed by atoms with E-state index in [2.05, 4.69) is 27.8 Å². The van der Waals surface area contributed by atoms with Crippen molar-refractivity contribution in [3.8, 4) is 5.75 Å². The molecule has 0 atom stereocenters. The minimum Gasteiger partial charge on any atom is -0.490 e.